The van der Waals surface area contributed by atoms with Crippen molar-refractivity contribution in [3.05, 3.63) is 30.7 Å². The molecule has 0 aromatic carbocycles. The first kappa shape index (κ1) is 27.7. The van der Waals surface area contributed by atoms with Crippen LogP contribution in [0.2, 0.25) is 0 Å². The van der Waals surface area contributed by atoms with Crippen molar-refractivity contribution in [2.45, 2.75) is 24.9 Å². The van der Waals surface area contributed by atoms with Gasteiger partial charge in [-0.05, 0) is 0 Å². The van der Waals surface area contributed by atoms with Crippen molar-refractivity contribution in [1.82, 2.24) is 14.5 Å². The highest BCUT2D eigenvalue weighted by Gasteiger charge is 2.39. The summed E-state index contributed by atoms with van der Waals surface area (Å²) in [5.74, 6) is 5.92. The number of rotatable bonds is 11. The fraction of sp³-hybridized carbons (Fsp3) is 0.412. The van der Waals surface area contributed by atoms with E-state index in [2.05, 4.69) is 37.0 Å². The molecular formula is C17H24N5O10P3. The lowest BCUT2D eigenvalue weighted by Gasteiger charge is -2.18. The fourth-order valence-corrected chi connectivity index (χ4v) is 5.88. The SMILES string of the molecule is C=CCOC1CC(n2cc(C#CCN)c3c(N)ncnc32)OC1CO[PH](=O)OP(=O)(O)O[PH](=O)O. The van der Waals surface area contributed by atoms with Gasteiger partial charge < -0.3 is 39.8 Å². The zero-order chi connectivity index (χ0) is 25.6. The first-order valence-corrected chi connectivity index (χ1v) is 13.9. The van der Waals surface area contributed by atoms with Crippen LogP contribution in [0.25, 0.3) is 11.0 Å². The number of fused-ring (bicyclic) bond motifs is 1. The van der Waals surface area contributed by atoms with Crippen LogP contribution in [-0.2, 0) is 36.3 Å². The van der Waals surface area contributed by atoms with Crippen LogP contribution >= 0.6 is 24.3 Å². The number of nitrogens with zero attached hydrogens (tertiary/aromatic N) is 3. The van der Waals surface area contributed by atoms with Crippen LogP contribution in [0.3, 0.4) is 0 Å². The molecule has 3 rings (SSSR count). The molecule has 1 aliphatic rings. The smallest absolute Gasteiger partial charge is 0.383 e. The van der Waals surface area contributed by atoms with Gasteiger partial charge in [-0.25, -0.2) is 23.2 Å². The molecule has 1 fully saturated rings. The second kappa shape index (κ2) is 12.4. The normalized spacial score (nSPS) is 23.3. The van der Waals surface area contributed by atoms with Crippen LogP contribution in [0, 0.1) is 11.8 Å². The molecule has 0 aliphatic carbocycles. The molecule has 1 aliphatic heterocycles. The van der Waals surface area contributed by atoms with Crippen LogP contribution in [0.4, 0.5) is 5.82 Å². The Labute approximate surface area is 200 Å². The monoisotopic (exact) mass is 551 g/mol. The van der Waals surface area contributed by atoms with Gasteiger partial charge in [0.15, 0.2) is 0 Å². The Hall–Kier alpha value is -1.91. The van der Waals surface area contributed by atoms with E-state index >= 15 is 0 Å². The summed E-state index contributed by atoms with van der Waals surface area (Å²) in [6.07, 6.45) is 2.87. The van der Waals surface area contributed by atoms with Crippen molar-refractivity contribution in [1.29, 1.82) is 0 Å². The van der Waals surface area contributed by atoms with E-state index < -0.39 is 42.8 Å². The molecular weight excluding hydrogens is 527 g/mol. The molecule has 6 N–H and O–H groups in total. The molecule has 0 radical (unpaired) electrons. The van der Waals surface area contributed by atoms with Gasteiger partial charge in [-0.3, -0.25) is 9.13 Å². The summed E-state index contributed by atoms with van der Waals surface area (Å²) in [5.41, 5.74) is 12.5. The van der Waals surface area contributed by atoms with Gasteiger partial charge in [-0.1, -0.05) is 17.9 Å². The first-order chi connectivity index (χ1) is 16.6. The minimum absolute atomic E-state index is 0.138. The Morgan fingerprint density at radius 3 is 2.86 bits per heavy atom. The summed E-state index contributed by atoms with van der Waals surface area (Å²) in [4.78, 5) is 26.2. The molecule has 1 saturated heterocycles. The van der Waals surface area contributed by atoms with Crippen molar-refractivity contribution >= 4 is 41.2 Å². The third-order valence-electron chi connectivity index (χ3n) is 4.63. The Kier molecular flexibility index (Phi) is 9.77. The van der Waals surface area contributed by atoms with Gasteiger partial charge in [0.1, 0.15) is 30.1 Å². The number of aromatic nitrogens is 3. The highest BCUT2D eigenvalue weighted by molar-refractivity contribution is 7.61. The highest BCUT2D eigenvalue weighted by Crippen LogP contribution is 2.57. The molecule has 0 bridgehead atoms. The maximum atomic E-state index is 12.0. The van der Waals surface area contributed by atoms with E-state index in [1.54, 1.807) is 10.8 Å². The molecule has 6 atom stereocenters. The van der Waals surface area contributed by atoms with Crippen LogP contribution in [-0.4, -0.2) is 56.3 Å². The number of hydrogen-bond acceptors (Lipinski definition) is 12. The quantitative estimate of drug-likeness (QED) is 0.175. The Balaban J connectivity index is 1.79. The van der Waals surface area contributed by atoms with E-state index in [9.17, 15) is 18.6 Å². The third kappa shape index (κ3) is 7.30. The number of hydrogen-bond donors (Lipinski definition) is 4. The predicted molar refractivity (Wildman–Crippen MR) is 125 cm³/mol. The Bertz CT molecular complexity index is 1230. The maximum Gasteiger partial charge on any atom is 0.486 e. The first-order valence-electron chi connectivity index (χ1n) is 9.94. The largest absolute Gasteiger partial charge is 0.486 e. The zero-order valence-corrected chi connectivity index (χ0v) is 21.0. The average molecular weight is 551 g/mol. The molecule has 192 valence electrons. The van der Waals surface area contributed by atoms with Crippen LogP contribution in [0.1, 0.15) is 18.2 Å². The van der Waals surface area contributed by atoms with Crippen molar-refractivity contribution in [3.8, 4) is 11.8 Å². The molecule has 15 nitrogen and oxygen atoms in total. The molecule has 0 spiro atoms. The third-order valence-corrected chi connectivity index (χ3v) is 8.10. The molecule has 6 unspecified atom stereocenters. The van der Waals surface area contributed by atoms with E-state index in [0.29, 0.717) is 23.0 Å². The lowest BCUT2D eigenvalue weighted by atomic mass is 10.2. The van der Waals surface area contributed by atoms with Crippen molar-refractivity contribution in [2.75, 3.05) is 25.5 Å². The van der Waals surface area contributed by atoms with Crippen LogP contribution < -0.4 is 11.5 Å². The fourth-order valence-electron chi connectivity index (χ4n) is 3.35. The summed E-state index contributed by atoms with van der Waals surface area (Å²) in [6.45, 7) is 3.57. The topological polar surface area (TPSA) is 221 Å². The number of ether oxygens (including phenoxy) is 2. The second-order valence-electron chi connectivity index (χ2n) is 6.92. The van der Waals surface area contributed by atoms with Gasteiger partial charge in [-0.15, -0.1) is 6.58 Å². The molecule has 3 heterocycles. The Morgan fingerprint density at radius 1 is 1.40 bits per heavy atom. The van der Waals surface area contributed by atoms with Crippen LogP contribution in [0.15, 0.2) is 25.2 Å². The van der Waals surface area contributed by atoms with Gasteiger partial charge in [-0.2, -0.15) is 0 Å². The van der Waals surface area contributed by atoms with Crippen molar-refractivity contribution in [2.24, 2.45) is 5.73 Å². The van der Waals surface area contributed by atoms with Crippen LogP contribution in [0.5, 0.6) is 0 Å². The predicted octanol–water partition coefficient (Wildman–Crippen LogP) is 1.10. The van der Waals surface area contributed by atoms with E-state index in [0.717, 1.165) is 0 Å². The number of nitrogen functional groups attached to an aromatic ring is 1. The van der Waals surface area contributed by atoms with E-state index in [4.69, 9.17) is 30.4 Å². The van der Waals surface area contributed by atoms with E-state index in [1.807, 2.05) is 0 Å². The molecule has 2 aromatic heterocycles. The molecule has 18 heteroatoms. The summed E-state index contributed by atoms with van der Waals surface area (Å²) in [5, 5.41) is 0.528. The van der Waals surface area contributed by atoms with Gasteiger partial charge in [0.25, 0.3) is 0 Å². The van der Waals surface area contributed by atoms with Gasteiger partial charge in [0.2, 0.25) is 0 Å². The van der Waals surface area contributed by atoms with E-state index in [1.165, 1.54) is 12.4 Å². The summed E-state index contributed by atoms with van der Waals surface area (Å²) in [7, 11) is -12.5. The van der Waals surface area contributed by atoms with Gasteiger partial charge in [0.05, 0.1) is 36.8 Å². The lowest BCUT2D eigenvalue weighted by Crippen LogP contribution is -2.28. The second-order valence-corrected chi connectivity index (χ2v) is 10.6. The van der Waals surface area contributed by atoms with Crippen molar-refractivity contribution in [3.63, 3.8) is 0 Å². The highest BCUT2D eigenvalue weighted by atomic mass is 31.3. The lowest BCUT2D eigenvalue weighted by molar-refractivity contribution is -0.0515. The molecule has 0 amide bonds. The maximum absolute atomic E-state index is 12.0. The minimum Gasteiger partial charge on any atom is -0.383 e. The van der Waals surface area contributed by atoms with Gasteiger partial charge >= 0.3 is 24.3 Å². The molecule has 2 aromatic rings. The summed E-state index contributed by atoms with van der Waals surface area (Å²) in [6, 6.07) is 0. The summed E-state index contributed by atoms with van der Waals surface area (Å²) >= 11 is 0. The Morgan fingerprint density at radius 2 is 2.17 bits per heavy atom. The average Bonchev–Trinajstić information content (AvgIpc) is 3.35. The standard InChI is InChI=1S/C17H24N5O10P3/c1-2-6-28-12-7-14(30-13(12)9-29-34(25)32-35(26,27)31-33(23)24)22-8-11(4-3-5-18)15-16(19)20-10-21-17(15)22/h2,8,10,12-14,33-34H,1,5-7,9,18H2,(H,23,24)(H,26,27)(H2,19,20,21). The van der Waals surface area contributed by atoms with Crippen molar-refractivity contribution < 1.29 is 46.1 Å². The molecule has 0 saturated carbocycles. The number of anilines is 1. The number of phosphoric acid groups is 1. The zero-order valence-electron chi connectivity index (χ0n) is 18.1. The van der Waals surface area contributed by atoms with E-state index in [-0.39, 0.29) is 25.6 Å². The molecule has 35 heavy (non-hydrogen) atoms. The minimum atomic E-state index is -5.04. The summed E-state index contributed by atoms with van der Waals surface area (Å²) < 4.78 is 60.7. The number of nitrogens with two attached hydrogens (primary N) is 2. The van der Waals surface area contributed by atoms with Gasteiger partial charge in [0, 0.05) is 12.6 Å².